The minimum atomic E-state index is -0.608. The van der Waals surface area contributed by atoms with E-state index in [-0.39, 0.29) is 23.3 Å². The highest BCUT2D eigenvalue weighted by atomic mass is 16.5. The Hall–Kier alpha value is -2.37. The predicted molar refractivity (Wildman–Crippen MR) is 160 cm³/mol. The third-order valence-electron chi connectivity index (χ3n) is 8.15. The maximum atomic E-state index is 13.0. The van der Waals surface area contributed by atoms with Crippen LogP contribution in [-0.4, -0.2) is 37.7 Å². The third kappa shape index (κ3) is 13.3. The largest absolute Gasteiger partial charge is 0.462 e. The maximum absolute atomic E-state index is 13.0. The average Bonchev–Trinajstić information content (AvgIpc) is 2.94. The molecule has 2 unspecified atom stereocenters. The van der Waals surface area contributed by atoms with E-state index in [0.717, 1.165) is 69.6 Å². The van der Waals surface area contributed by atoms with Crippen LogP contribution in [-0.2, 0) is 14.2 Å². The molecule has 0 saturated heterocycles. The van der Waals surface area contributed by atoms with Crippen LogP contribution in [0.25, 0.3) is 0 Å². The lowest BCUT2D eigenvalue weighted by molar-refractivity contribution is 0.0447. The molecule has 1 aliphatic rings. The normalized spacial score (nSPS) is 20.7. The average molecular weight is 559 g/mol. The number of ether oxygens (including phenoxy) is 3. The molecule has 0 spiro atoms. The number of esters is 3. The topological polar surface area (TPSA) is 78.9 Å². The van der Waals surface area contributed by atoms with Crippen LogP contribution in [0.5, 0.6) is 0 Å². The van der Waals surface area contributed by atoms with Gasteiger partial charge in [-0.3, -0.25) is 0 Å². The second-order valence-electron chi connectivity index (χ2n) is 12.1. The number of fused-ring (bicyclic) bond motifs is 1. The zero-order chi connectivity index (χ0) is 29.2. The van der Waals surface area contributed by atoms with E-state index in [2.05, 4.69) is 27.7 Å². The van der Waals surface area contributed by atoms with E-state index in [1.165, 1.54) is 56.7 Å². The van der Waals surface area contributed by atoms with Crippen LogP contribution in [0.1, 0.15) is 155 Å². The highest BCUT2D eigenvalue weighted by Gasteiger charge is 2.22. The summed E-state index contributed by atoms with van der Waals surface area (Å²) in [5.41, 5.74) is 0.426. The second kappa shape index (κ2) is 19.7. The van der Waals surface area contributed by atoms with Gasteiger partial charge in [0.25, 0.3) is 0 Å². The number of benzene rings is 1. The lowest BCUT2D eigenvalue weighted by atomic mass is 9.87. The SMILES string of the molecule is CC(C)CCCCCCOC(=O)c1ccc2c(c1)C(=O)OCCCCCCC(C)C(C)CCCCCCOC2=O. The summed E-state index contributed by atoms with van der Waals surface area (Å²) >= 11 is 0. The van der Waals surface area contributed by atoms with Crippen molar-refractivity contribution in [2.24, 2.45) is 17.8 Å². The molecule has 40 heavy (non-hydrogen) atoms. The van der Waals surface area contributed by atoms with Gasteiger partial charge in [-0.1, -0.05) is 105 Å². The van der Waals surface area contributed by atoms with Crippen molar-refractivity contribution < 1.29 is 28.6 Å². The quantitative estimate of drug-likeness (QED) is 0.180. The molecule has 0 saturated carbocycles. The summed E-state index contributed by atoms with van der Waals surface area (Å²) in [5.74, 6) is 0.482. The van der Waals surface area contributed by atoms with E-state index < -0.39 is 17.9 Å². The van der Waals surface area contributed by atoms with Crippen molar-refractivity contribution in [2.45, 2.75) is 124 Å². The molecular weight excluding hydrogens is 504 g/mol. The van der Waals surface area contributed by atoms with Crippen LogP contribution in [0.15, 0.2) is 18.2 Å². The van der Waals surface area contributed by atoms with Gasteiger partial charge in [-0.25, -0.2) is 14.4 Å². The molecule has 1 aromatic carbocycles. The van der Waals surface area contributed by atoms with Crippen LogP contribution < -0.4 is 0 Å². The fraction of sp³-hybridized carbons (Fsp3) is 0.735. The molecule has 0 aromatic heterocycles. The number of carbonyl (C=O) groups excluding carboxylic acids is 3. The number of unbranched alkanes of at least 4 members (excludes halogenated alkanes) is 3. The zero-order valence-electron chi connectivity index (χ0n) is 25.6. The van der Waals surface area contributed by atoms with Gasteiger partial charge in [0.1, 0.15) is 0 Å². The van der Waals surface area contributed by atoms with Gasteiger partial charge in [-0.2, -0.15) is 0 Å². The minimum Gasteiger partial charge on any atom is -0.462 e. The van der Waals surface area contributed by atoms with Crippen molar-refractivity contribution in [2.75, 3.05) is 19.8 Å². The number of carbonyl (C=O) groups is 3. The number of rotatable bonds is 8. The molecule has 0 fully saturated rings. The first-order valence-corrected chi connectivity index (χ1v) is 15.9. The van der Waals surface area contributed by atoms with Gasteiger partial charge in [-0.05, 0) is 55.2 Å². The monoisotopic (exact) mass is 558 g/mol. The van der Waals surface area contributed by atoms with Crippen LogP contribution in [0, 0.1) is 17.8 Å². The van der Waals surface area contributed by atoms with E-state index in [1.807, 2.05) is 0 Å². The predicted octanol–water partition coefficient (Wildman–Crippen LogP) is 8.95. The van der Waals surface area contributed by atoms with Gasteiger partial charge in [-0.15, -0.1) is 0 Å². The van der Waals surface area contributed by atoms with Crippen LogP contribution >= 0.6 is 0 Å². The highest BCUT2D eigenvalue weighted by molar-refractivity contribution is 6.05. The third-order valence-corrected chi connectivity index (χ3v) is 8.15. The molecule has 6 nitrogen and oxygen atoms in total. The second-order valence-corrected chi connectivity index (χ2v) is 12.1. The molecule has 2 atom stereocenters. The molecule has 1 heterocycles. The first kappa shape index (κ1) is 33.8. The molecule has 1 aliphatic heterocycles. The fourth-order valence-electron chi connectivity index (χ4n) is 5.17. The van der Waals surface area contributed by atoms with Crippen LogP contribution in [0.4, 0.5) is 0 Å². The van der Waals surface area contributed by atoms with Crippen molar-refractivity contribution >= 4 is 17.9 Å². The van der Waals surface area contributed by atoms with Crippen molar-refractivity contribution in [3.8, 4) is 0 Å². The van der Waals surface area contributed by atoms with Crippen molar-refractivity contribution in [1.82, 2.24) is 0 Å². The molecule has 226 valence electrons. The Morgan fingerprint density at radius 1 is 0.775 bits per heavy atom. The van der Waals surface area contributed by atoms with Crippen molar-refractivity contribution in [3.05, 3.63) is 34.9 Å². The summed E-state index contributed by atoms with van der Waals surface area (Å²) in [7, 11) is 0. The summed E-state index contributed by atoms with van der Waals surface area (Å²) in [4.78, 5) is 38.6. The Morgan fingerprint density at radius 3 is 1.93 bits per heavy atom. The highest BCUT2D eigenvalue weighted by Crippen LogP contribution is 2.24. The lowest BCUT2D eigenvalue weighted by Gasteiger charge is -2.20. The van der Waals surface area contributed by atoms with Gasteiger partial charge >= 0.3 is 17.9 Å². The van der Waals surface area contributed by atoms with Gasteiger partial charge in [0.05, 0.1) is 36.5 Å². The molecule has 1 aromatic rings. The Bertz CT molecular complexity index is 892. The number of hydrogen-bond acceptors (Lipinski definition) is 6. The molecule has 0 N–H and O–H groups in total. The van der Waals surface area contributed by atoms with Crippen molar-refractivity contribution in [1.29, 1.82) is 0 Å². The van der Waals surface area contributed by atoms with E-state index in [9.17, 15) is 14.4 Å². The van der Waals surface area contributed by atoms with E-state index in [4.69, 9.17) is 14.2 Å². The molecule has 6 heteroatoms. The van der Waals surface area contributed by atoms with E-state index >= 15 is 0 Å². The molecule has 2 rings (SSSR count). The van der Waals surface area contributed by atoms with Crippen molar-refractivity contribution in [3.63, 3.8) is 0 Å². The minimum absolute atomic E-state index is 0.0605. The van der Waals surface area contributed by atoms with Crippen LogP contribution in [0.3, 0.4) is 0 Å². The number of hydrogen-bond donors (Lipinski definition) is 0. The van der Waals surface area contributed by atoms with Gasteiger partial charge in [0.15, 0.2) is 0 Å². The first-order chi connectivity index (χ1) is 19.3. The Balaban J connectivity index is 1.99. The fourth-order valence-corrected chi connectivity index (χ4v) is 5.17. The Kier molecular flexibility index (Phi) is 16.6. The summed E-state index contributed by atoms with van der Waals surface area (Å²) in [6.45, 7) is 10.1. The molecular formula is C34H54O6. The molecule has 0 amide bonds. The van der Waals surface area contributed by atoms with Gasteiger partial charge in [0.2, 0.25) is 0 Å². The van der Waals surface area contributed by atoms with Gasteiger partial charge in [0, 0.05) is 0 Å². The maximum Gasteiger partial charge on any atom is 0.339 e. The first-order valence-electron chi connectivity index (χ1n) is 15.9. The van der Waals surface area contributed by atoms with E-state index in [1.54, 1.807) is 0 Å². The Labute approximate surface area is 242 Å². The lowest BCUT2D eigenvalue weighted by Crippen LogP contribution is -2.17. The van der Waals surface area contributed by atoms with E-state index in [0.29, 0.717) is 19.1 Å². The Morgan fingerprint density at radius 2 is 1.32 bits per heavy atom. The smallest absolute Gasteiger partial charge is 0.339 e. The summed E-state index contributed by atoms with van der Waals surface area (Å²) in [6.07, 6.45) is 16.0. The van der Waals surface area contributed by atoms with Crippen LogP contribution in [0.2, 0.25) is 0 Å². The molecule has 0 radical (unpaired) electrons. The summed E-state index contributed by atoms with van der Waals surface area (Å²) in [6, 6.07) is 4.42. The number of cyclic esters (lactones) is 2. The molecule has 0 aliphatic carbocycles. The van der Waals surface area contributed by atoms with Gasteiger partial charge < -0.3 is 14.2 Å². The summed E-state index contributed by atoms with van der Waals surface area (Å²) in [5, 5.41) is 0. The summed E-state index contributed by atoms with van der Waals surface area (Å²) < 4.78 is 16.5. The standard InChI is InChI=1S/C34H54O6/c1-26(2)17-11-5-8-14-22-38-32(35)29-20-21-30-31(25-29)34(37)40-24-16-10-7-13-19-28(4)27(3)18-12-6-9-15-23-39-33(30)36/h20-21,25-28H,5-19,22-24H2,1-4H3. The zero-order valence-corrected chi connectivity index (χ0v) is 25.6. The molecule has 0 bridgehead atoms.